The molecule has 36 heavy (non-hydrogen) atoms. The number of unbranched alkanes of at least 4 members (excludes halogenated alkanes) is 1. The quantitative estimate of drug-likeness (QED) is 0.346. The molecule has 0 bridgehead atoms. The van der Waals surface area contributed by atoms with Gasteiger partial charge in [0.15, 0.2) is 0 Å². The van der Waals surface area contributed by atoms with Gasteiger partial charge in [-0.05, 0) is 80.5 Å². The molecule has 2 rings (SSSR count). The third-order valence-corrected chi connectivity index (χ3v) is 5.98. The van der Waals surface area contributed by atoms with Gasteiger partial charge in [-0.3, -0.25) is 14.6 Å². The maximum absolute atomic E-state index is 13.3. The van der Waals surface area contributed by atoms with Gasteiger partial charge in [0, 0.05) is 43.0 Å². The molecule has 1 aromatic carbocycles. The number of amides is 2. The lowest BCUT2D eigenvalue weighted by Gasteiger charge is -2.28. The number of pyridine rings is 1. The van der Waals surface area contributed by atoms with Crippen molar-refractivity contribution in [3.63, 3.8) is 0 Å². The first-order valence-electron chi connectivity index (χ1n) is 12.6. The number of benzene rings is 1. The SMILES string of the molecule is CCCN(CCC)C(=O)c1cc(C)cc(C(=O)NC(Cc2ccncc2)C(O)C(O)CCCC#N)c1. The number of aliphatic hydroxyl groups excluding tert-OH is 2. The molecule has 8 nitrogen and oxygen atoms in total. The van der Waals surface area contributed by atoms with Crippen LogP contribution in [0, 0.1) is 18.3 Å². The summed E-state index contributed by atoms with van der Waals surface area (Å²) in [5.74, 6) is -0.551. The highest BCUT2D eigenvalue weighted by atomic mass is 16.3. The lowest BCUT2D eigenvalue weighted by Crippen LogP contribution is -2.49. The standard InChI is InChI=1S/C28H38N4O4/c1-4-14-32(15-5-2)28(36)23-17-20(3)16-22(19-23)27(35)31-24(18-21-9-12-30-13-10-21)26(34)25(33)8-6-7-11-29/h9-10,12-13,16-17,19,24-26,33-34H,4-8,14-15,18H2,1-3H3,(H,31,35). The highest BCUT2D eigenvalue weighted by molar-refractivity contribution is 6.00. The first-order valence-corrected chi connectivity index (χ1v) is 12.6. The summed E-state index contributed by atoms with van der Waals surface area (Å²) in [5.41, 5.74) is 2.39. The zero-order valence-corrected chi connectivity index (χ0v) is 21.5. The zero-order valence-electron chi connectivity index (χ0n) is 21.5. The molecule has 0 saturated carbocycles. The first kappa shape index (κ1) is 29.0. The molecule has 1 aromatic heterocycles. The van der Waals surface area contributed by atoms with Gasteiger partial charge in [0.05, 0.1) is 18.2 Å². The lowest BCUT2D eigenvalue weighted by atomic mass is 9.95. The van der Waals surface area contributed by atoms with Crippen molar-refractivity contribution in [3.05, 3.63) is 65.0 Å². The van der Waals surface area contributed by atoms with Crippen molar-refractivity contribution in [1.29, 1.82) is 5.26 Å². The van der Waals surface area contributed by atoms with Crippen molar-refractivity contribution >= 4 is 11.8 Å². The number of rotatable bonds is 14. The van der Waals surface area contributed by atoms with E-state index in [0.29, 0.717) is 30.6 Å². The van der Waals surface area contributed by atoms with Crippen molar-refractivity contribution in [1.82, 2.24) is 15.2 Å². The number of nitrogens with zero attached hydrogens (tertiary/aromatic N) is 3. The van der Waals surface area contributed by atoms with Crippen LogP contribution in [0.5, 0.6) is 0 Å². The molecule has 3 N–H and O–H groups in total. The molecule has 1 heterocycles. The van der Waals surface area contributed by atoms with Gasteiger partial charge in [0.2, 0.25) is 0 Å². The number of aryl methyl sites for hydroxylation is 1. The molecule has 0 aliphatic heterocycles. The van der Waals surface area contributed by atoms with Crippen molar-refractivity contribution in [2.75, 3.05) is 13.1 Å². The summed E-state index contributed by atoms with van der Waals surface area (Å²) in [7, 11) is 0. The van der Waals surface area contributed by atoms with E-state index in [-0.39, 0.29) is 25.2 Å². The van der Waals surface area contributed by atoms with Crippen LogP contribution in [0.4, 0.5) is 0 Å². The van der Waals surface area contributed by atoms with Crippen LogP contribution in [-0.4, -0.2) is 63.3 Å². The van der Waals surface area contributed by atoms with E-state index >= 15 is 0 Å². The second-order valence-electron chi connectivity index (χ2n) is 9.13. The number of carbonyl (C=O) groups excluding carboxylic acids is 2. The number of nitrogens with one attached hydrogen (secondary N) is 1. The largest absolute Gasteiger partial charge is 0.390 e. The monoisotopic (exact) mass is 494 g/mol. The van der Waals surface area contributed by atoms with Gasteiger partial charge >= 0.3 is 0 Å². The molecular formula is C28H38N4O4. The highest BCUT2D eigenvalue weighted by Gasteiger charge is 2.28. The Morgan fingerprint density at radius 1 is 1.08 bits per heavy atom. The van der Waals surface area contributed by atoms with Gasteiger partial charge in [0.25, 0.3) is 11.8 Å². The van der Waals surface area contributed by atoms with Gasteiger partial charge < -0.3 is 20.4 Å². The lowest BCUT2D eigenvalue weighted by molar-refractivity contribution is -0.00788. The number of carbonyl (C=O) groups is 2. The third kappa shape index (κ3) is 8.74. The Bertz CT molecular complexity index is 1020. The Balaban J connectivity index is 2.27. The van der Waals surface area contributed by atoms with Gasteiger partial charge in [0.1, 0.15) is 6.10 Å². The minimum atomic E-state index is -1.24. The fraction of sp³-hybridized carbons (Fsp3) is 0.500. The van der Waals surface area contributed by atoms with Crippen molar-refractivity contribution in [3.8, 4) is 6.07 Å². The van der Waals surface area contributed by atoms with Crippen LogP contribution < -0.4 is 5.32 Å². The Kier molecular flexibility index (Phi) is 12.0. The van der Waals surface area contributed by atoms with Gasteiger partial charge in [-0.1, -0.05) is 13.8 Å². The smallest absolute Gasteiger partial charge is 0.253 e. The summed E-state index contributed by atoms with van der Waals surface area (Å²) < 4.78 is 0. The summed E-state index contributed by atoms with van der Waals surface area (Å²) in [4.78, 5) is 32.2. The zero-order chi connectivity index (χ0) is 26.5. The minimum absolute atomic E-state index is 0.113. The molecule has 8 heteroatoms. The van der Waals surface area contributed by atoms with Crippen LogP contribution in [0.25, 0.3) is 0 Å². The topological polar surface area (TPSA) is 127 Å². The minimum Gasteiger partial charge on any atom is -0.390 e. The van der Waals surface area contributed by atoms with Crippen LogP contribution in [0.3, 0.4) is 0 Å². The maximum Gasteiger partial charge on any atom is 0.253 e. The highest BCUT2D eigenvalue weighted by Crippen LogP contribution is 2.16. The number of aromatic nitrogens is 1. The third-order valence-electron chi connectivity index (χ3n) is 5.98. The number of hydrogen-bond donors (Lipinski definition) is 3. The maximum atomic E-state index is 13.3. The Hall–Kier alpha value is -3.28. The molecule has 0 radical (unpaired) electrons. The van der Waals surface area contributed by atoms with E-state index in [1.807, 2.05) is 26.8 Å². The van der Waals surface area contributed by atoms with Crippen molar-refractivity contribution < 1.29 is 19.8 Å². The van der Waals surface area contributed by atoms with Gasteiger partial charge in [-0.15, -0.1) is 0 Å². The summed E-state index contributed by atoms with van der Waals surface area (Å²) in [5, 5.41) is 33.1. The van der Waals surface area contributed by atoms with Crippen molar-refractivity contribution in [2.24, 2.45) is 0 Å². The predicted octanol–water partition coefficient (Wildman–Crippen LogP) is 3.41. The van der Waals surface area contributed by atoms with Gasteiger partial charge in [-0.2, -0.15) is 5.26 Å². The first-order chi connectivity index (χ1) is 17.3. The Labute approximate surface area is 214 Å². The molecule has 2 aromatic rings. The van der Waals surface area contributed by atoms with E-state index < -0.39 is 24.2 Å². The average Bonchev–Trinajstić information content (AvgIpc) is 2.87. The summed E-state index contributed by atoms with van der Waals surface area (Å²) >= 11 is 0. The fourth-order valence-corrected chi connectivity index (χ4v) is 4.19. The number of aliphatic hydroxyl groups is 2. The van der Waals surface area contributed by atoms with E-state index in [4.69, 9.17) is 5.26 Å². The molecule has 0 aliphatic carbocycles. The summed E-state index contributed by atoms with van der Waals surface area (Å²) in [6, 6.07) is 9.88. The number of nitriles is 1. The predicted molar refractivity (Wildman–Crippen MR) is 138 cm³/mol. The Morgan fingerprint density at radius 2 is 1.72 bits per heavy atom. The molecule has 0 spiro atoms. The van der Waals surface area contributed by atoms with E-state index in [0.717, 1.165) is 24.0 Å². The van der Waals surface area contributed by atoms with E-state index in [2.05, 4.69) is 10.3 Å². The fourth-order valence-electron chi connectivity index (χ4n) is 4.19. The Morgan fingerprint density at radius 3 is 2.33 bits per heavy atom. The van der Waals surface area contributed by atoms with E-state index in [9.17, 15) is 19.8 Å². The normalized spacial score (nSPS) is 13.3. The molecule has 194 valence electrons. The van der Waals surface area contributed by atoms with Gasteiger partial charge in [-0.25, -0.2) is 0 Å². The van der Waals surface area contributed by atoms with E-state index in [1.165, 1.54) is 0 Å². The number of hydrogen-bond acceptors (Lipinski definition) is 6. The van der Waals surface area contributed by atoms with Crippen LogP contribution in [0.15, 0.2) is 42.7 Å². The summed E-state index contributed by atoms with van der Waals surface area (Å²) in [6.07, 6.45) is 3.84. The second kappa shape index (κ2) is 15.0. The molecule has 3 unspecified atom stereocenters. The van der Waals surface area contributed by atoms with Crippen LogP contribution in [0.2, 0.25) is 0 Å². The second-order valence-corrected chi connectivity index (χ2v) is 9.13. The molecular weight excluding hydrogens is 456 g/mol. The van der Waals surface area contributed by atoms with Crippen LogP contribution >= 0.6 is 0 Å². The average molecular weight is 495 g/mol. The van der Waals surface area contributed by atoms with Crippen LogP contribution in [0.1, 0.15) is 77.8 Å². The van der Waals surface area contributed by atoms with Crippen LogP contribution in [-0.2, 0) is 6.42 Å². The molecule has 0 aliphatic rings. The molecule has 3 atom stereocenters. The molecule has 0 saturated heterocycles. The van der Waals surface area contributed by atoms with Crippen molar-refractivity contribution in [2.45, 2.75) is 77.5 Å². The summed E-state index contributed by atoms with van der Waals surface area (Å²) in [6.45, 7) is 7.17. The van der Waals surface area contributed by atoms with E-state index in [1.54, 1.807) is 47.6 Å². The molecule has 2 amide bonds. The molecule has 0 fully saturated rings.